The molecule has 4 nitrogen and oxygen atoms in total. The summed E-state index contributed by atoms with van der Waals surface area (Å²) in [6.45, 7) is 3.71. The summed E-state index contributed by atoms with van der Waals surface area (Å²) in [6, 6.07) is 13.5. The van der Waals surface area contributed by atoms with Crippen LogP contribution in [0.4, 0.5) is 4.39 Å². The van der Waals surface area contributed by atoms with Crippen LogP contribution in [0.15, 0.2) is 48.5 Å². The van der Waals surface area contributed by atoms with E-state index >= 15 is 0 Å². The van der Waals surface area contributed by atoms with E-state index in [4.69, 9.17) is 10.5 Å². The van der Waals surface area contributed by atoms with Gasteiger partial charge in [-0.1, -0.05) is 25.1 Å². The number of rotatable bonds is 5. The van der Waals surface area contributed by atoms with E-state index in [0.29, 0.717) is 23.8 Å². The van der Waals surface area contributed by atoms with Gasteiger partial charge in [0.15, 0.2) is 0 Å². The van der Waals surface area contributed by atoms with Crippen LogP contribution in [0.1, 0.15) is 35.7 Å². The van der Waals surface area contributed by atoms with Gasteiger partial charge in [-0.25, -0.2) is 4.39 Å². The first-order valence-corrected chi connectivity index (χ1v) is 9.05. The zero-order valence-corrected chi connectivity index (χ0v) is 15.0. The molecule has 2 N–H and O–H groups in total. The summed E-state index contributed by atoms with van der Waals surface area (Å²) in [5.41, 5.74) is 7.39. The highest BCUT2D eigenvalue weighted by atomic mass is 19.1. The maximum atomic E-state index is 13.2. The number of nitrogens with zero attached hydrogens (tertiary/aromatic N) is 1. The number of hydrogen-bond donors (Lipinski definition) is 1. The van der Waals surface area contributed by atoms with Gasteiger partial charge < -0.3 is 15.4 Å². The molecular weight excluding hydrogens is 331 g/mol. The number of nitrogens with two attached hydrogens (primary N) is 1. The second-order valence-electron chi connectivity index (χ2n) is 6.96. The summed E-state index contributed by atoms with van der Waals surface area (Å²) in [5, 5.41) is 0. The predicted molar refractivity (Wildman–Crippen MR) is 99.5 cm³/mol. The minimum atomic E-state index is -0.335. The molecule has 1 heterocycles. The van der Waals surface area contributed by atoms with Gasteiger partial charge in [-0.05, 0) is 48.6 Å². The van der Waals surface area contributed by atoms with Gasteiger partial charge >= 0.3 is 0 Å². The Labute approximate surface area is 153 Å². The number of likely N-dealkylation sites (tertiary alicyclic amines) is 1. The van der Waals surface area contributed by atoms with Crippen LogP contribution in [0.5, 0.6) is 5.75 Å². The molecule has 138 valence electrons. The lowest BCUT2D eigenvalue weighted by molar-refractivity contribution is 0.0573. The summed E-state index contributed by atoms with van der Waals surface area (Å²) >= 11 is 0. The van der Waals surface area contributed by atoms with E-state index in [1.807, 2.05) is 29.2 Å². The molecule has 5 heteroatoms. The van der Waals surface area contributed by atoms with Crippen molar-refractivity contribution in [1.29, 1.82) is 0 Å². The number of benzene rings is 2. The van der Waals surface area contributed by atoms with Gasteiger partial charge in [-0.3, -0.25) is 4.79 Å². The van der Waals surface area contributed by atoms with Crippen molar-refractivity contribution in [3.05, 3.63) is 65.5 Å². The number of amides is 1. The lowest BCUT2D eigenvalue weighted by Crippen LogP contribution is -2.49. The van der Waals surface area contributed by atoms with Crippen LogP contribution in [0.3, 0.4) is 0 Å². The standard InChI is InChI=1S/C21H25FN2O2/c1-15-8-9-24(19(10-15)13-23)21(25)17-5-2-4-16(11-17)14-26-20-7-3-6-18(22)12-20/h2-7,11-12,15,19H,8-10,13-14,23H2,1H3. The molecule has 0 aromatic heterocycles. The number of carbonyl (C=O) groups is 1. The van der Waals surface area contributed by atoms with Crippen LogP contribution < -0.4 is 10.5 Å². The van der Waals surface area contributed by atoms with E-state index in [1.165, 1.54) is 12.1 Å². The topological polar surface area (TPSA) is 55.6 Å². The zero-order valence-electron chi connectivity index (χ0n) is 15.0. The number of piperidine rings is 1. The molecule has 0 radical (unpaired) electrons. The van der Waals surface area contributed by atoms with Crippen LogP contribution in [-0.2, 0) is 6.61 Å². The fourth-order valence-corrected chi connectivity index (χ4v) is 3.43. The molecule has 1 fully saturated rings. The Bertz CT molecular complexity index is 765. The monoisotopic (exact) mass is 356 g/mol. The highest BCUT2D eigenvalue weighted by Gasteiger charge is 2.29. The van der Waals surface area contributed by atoms with Crippen molar-refractivity contribution in [2.24, 2.45) is 11.7 Å². The van der Waals surface area contributed by atoms with Gasteiger partial charge in [0.25, 0.3) is 5.91 Å². The summed E-state index contributed by atoms with van der Waals surface area (Å²) in [6.07, 6.45) is 1.95. The highest BCUT2D eigenvalue weighted by Crippen LogP contribution is 2.24. The van der Waals surface area contributed by atoms with Crippen molar-refractivity contribution in [1.82, 2.24) is 4.90 Å². The van der Waals surface area contributed by atoms with Gasteiger partial charge in [0.1, 0.15) is 18.2 Å². The van der Waals surface area contributed by atoms with Gasteiger partial charge in [0.05, 0.1) is 0 Å². The van der Waals surface area contributed by atoms with Crippen molar-refractivity contribution in [2.45, 2.75) is 32.4 Å². The molecule has 1 aliphatic rings. The van der Waals surface area contributed by atoms with Gasteiger partial charge in [-0.2, -0.15) is 0 Å². The smallest absolute Gasteiger partial charge is 0.254 e. The molecule has 2 aromatic rings. The van der Waals surface area contributed by atoms with Crippen LogP contribution >= 0.6 is 0 Å². The lowest BCUT2D eigenvalue weighted by atomic mass is 9.92. The van der Waals surface area contributed by atoms with E-state index in [-0.39, 0.29) is 24.4 Å². The number of halogens is 1. The van der Waals surface area contributed by atoms with Crippen molar-refractivity contribution in [2.75, 3.05) is 13.1 Å². The average molecular weight is 356 g/mol. The molecule has 2 unspecified atom stereocenters. The second kappa shape index (κ2) is 8.32. The van der Waals surface area contributed by atoms with Crippen LogP contribution in [0.2, 0.25) is 0 Å². The van der Waals surface area contributed by atoms with Crippen molar-refractivity contribution >= 4 is 5.91 Å². The van der Waals surface area contributed by atoms with E-state index < -0.39 is 0 Å². The molecule has 0 aliphatic carbocycles. The van der Waals surface area contributed by atoms with E-state index in [2.05, 4.69) is 6.92 Å². The molecule has 2 atom stereocenters. The SMILES string of the molecule is CC1CCN(C(=O)c2cccc(COc3cccc(F)c3)c2)C(CN)C1. The number of hydrogen-bond acceptors (Lipinski definition) is 3. The third kappa shape index (κ3) is 4.41. The molecule has 0 saturated carbocycles. The fraction of sp³-hybridized carbons (Fsp3) is 0.381. The van der Waals surface area contributed by atoms with Gasteiger partial charge in [0.2, 0.25) is 0 Å². The molecule has 1 amide bonds. The Balaban J connectivity index is 1.69. The number of ether oxygens (including phenoxy) is 1. The molecular formula is C21H25FN2O2. The lowest BCUT2D eigenvalue weighted by Gasteiger charge is -2.38. The fourth-order valence-electron chi connectivity index (χ4n) is 3.43. The van der Waals surface area contributed by atoms with Crippen molar-refractivity contribution < 1.29 is 13.9 Å². The van der Waals surface area contributed by atoms with E-state index in [9.17, 15) is 9.18 Å². The Morgan fingerprint density at radius 2 is 2.08 bits per heavy atom. The minimum Gasteiger partial charge on any atom is -0.489 e. The predicted octanol–water partition coefficient (Wildman–Crippen LogP) is 3.60. The maximum absolute atomic E-state index is 13.2. The van der Waals surface area contributed by atoms with Gasteiger partial charge in [-0.15, -0.1) is 0 Å². The molecule has 26 heavy (non-hydrogen) atoms. The third-order valence-electron chi connectivity index (χ3n) is 4.89. The first-order chi connectivity index (χ1) is 12.6. The normalized spacial score (nSPS) is 20.0. The first kappa shape index (κ1) is 18.4. The summed E-state index contributed by atoms with van der Waals surface area (Å²) in [7, 11) is 0. The molecule has 0 bridgehead atoms. The van der Waals surface area contributed by atoms with Crippen LogP contribution in [-0.4, -0.2) is 29.9 Å². The third-order valence-corrected chi connectivity index (χ3v) is 4.89. The molecule has 3 rings (SSSR count). The summed E-state index contributed by atoms with van der Waals surface area (Å²) < 4.78 is 18.9. The maximum Gasteiger partial charge on any atom is 0.254 e. The minimum absolute atomic E-state index is 0.0138. The molecule has 1 saturated heterocycles. The quantitative estimate of drug-likeness (QED) is 0.890. The summed E-state index contributed by atoms with van der Waals surface area (Å²) in [5.74, 6) is 0.743. The average Bonchev–Trinajstić information content (AvgIpc) is 2.66. The molecule has 2 aromatic carbocycles. The number of carbonyl (C=O) groups excluding carboxylic acids is 1. The van der Waals surface area contributed by atoms with E-state index in [1.54, 1.807) is 12.1 Å². The second-order valence-corrected chi connectivity index (χ2v) is 6.96. The van der Waals surface area contributed by atoms with Crippen molar-refractivity contribution in [3.8, 4) is 5.75 Å². The highest BCUT2D eigenvalue weighted by molar-refractivity contribution is 5.94. The Morgan fingerprint density at radius 1 is 1.27 bits per heavy atom. The van der Waals surface area contributed by atoms with Crippen molar-refractivity contribution in [3.63, 3.8) is 0 Å². The molecule has 1 aliphatic heterocycles. The Kier molecular flexibility index (Phi) is 5.89. The van der Waals surface area contributed by atoms with E-state index in [0.717, 1.165) is 24.9 Å². The zero-order chi connectivity index (χ0) is 18.5. The molecule has 0 spiro atoms. The Hall–Kier alpha value is -2.40. The largest absolute Gasteiger partial charge is 0.489 e. The Morgan fingerprint density at radius 3 is 2.85 bits per heavy atom. The van der Waals surface area contributed by atoms with Crippen LogP contribution in [0.25, 0.3) is 0 Å². The summed E-state index contributed by atoms with van der Waals surface area (Å²) in [4.78, 5) is 14.8. The van der Waals surface area contributed by atoms with Gasteiger partial charge in [0, 0.05) is 30.8 Å². The van der Waals surface area contributed by atoms with Crippen LogP contribution in [0, 0.1) is 11.7 Å². The first-order valence-electron chi connectivity index (χ1n) is 9.05.